The summed E-state index contributed by atoms with van der Waals surface area (Å²) in [4.78, 5) is 20.8. The average Bonchev–Trinajstić information content (AvgIpc) is 3.33. The number of anilines is 1. The number of carbonyl (C=O) groups is 1. The Hall–Kier alpha value is -2.07. The lowest BCUT2D eigenvalue weighted by molar-refractivity contribution is -0.126. The third kappa shape index (κ3) is 3.49. The summed E-state index contributed by atoms with van der Waals surface area (Å²) in [6.45, 7) is 0.694. The number of hydrogen-bond acceptors (Lipinski definition) is 8. The van der Waals surface area contributed by atoms with E-state index in [0.717, 1.165) is 10.6 Å². The lowest BCUT2D eigenvalue weighted by Gasteiger charge is -2.17. The van der Waals surface area contributed by atoms with Gasteiger partial charge in [0.15, 0.2) is 0 Å². The smallest absolute Gasteiger partial charge is 0.243 e. The topological polar surface area (TPSA) is 109 Å². The van der Waals surface area contributed by atoms with Crippen LogP contribution in [0.25, 0.3) is 10.6 Å². The van der Waals surface area contributed by atoms with Crippen molar-refractivity contribution in [3.8, 4) is 10.6 Å². The zero-order chi connectivity index (χ0) is 17.2. The van der Waals surface area contributed by atoms with Crippen LogP contribution in [0.15, 0.2) is 29.8 Å². The van der Waals surface area contributed by atoms with E-state index < -0.39 is 5.91 Å². The Balaban J connectivity index is 1.41. The molecule has 4 unspecified atom stereocenters. The third-order valence-electron chi connectivity index (χ3n) is 4.19. The molecule has 25 heavy (non-hydrogen) atoms. The van der Waals surface area contributed by atoms with Crippen LogP contribution in [-0.4, -0.2) is 60.0 Å². The van der Waals surface area contributed by atoms with Crippen molar-refractivity contribution in [2.45, 2.75) is 24.4 Å². The molecule has 0 aromatic carbocycles. The average molecular weight is 362 g/mol. The van der Waals surface area contributed by atoms with E-state index in [1.807, 2.05) is 23.6 Å². The van der Waals surface area contributed by atoms with Crippen LogP contribution in [0.1, 0.15) is 0 Å². The highest BCUT2D eigenvalue weighted by atomic mass is 32.1. The standard InChI is InChI=1S/C16H18N4O4S/c17-13(21)8-22-11-7-24-14-10(6-23-15(11)14)20-16-18-4-3-9(19-16)12-2-1-5-25-12/h1-5,10-11,14-15H,6-8H2,(H2,17,21)(H,18,19,20). The van der Waals surface area contributed by atoms with Gasteiger partial charge in [0.2, 0.25) is 11.9 Å². The molecule has 2 aromatic heterocycles. The number of aromatic nitrogens is 2. The maximum Gasteiger partial charge on any atom is 0.243 e. The minimum Gasteiger partial charge on any atom is -0.370 e. The Labute approximate surface area is 148 Å². The van der Waals surface area contributed by atoms with Gasteiger partial charge >= 0.3 is 0 Å². The second kappa shape index (κ2) is 7.04. The molecular formula is C16H18N4O4S. The molecule has 3 N–H and O–H groups in total. The molecule has 2 fully saturated rings. The number of primary amides is 1. The molecule has 2 aromatic rings. The number of carbonyl (C=O) groups excluding carboxylic acids is 1. The fourth-order valence-electron chi connectivity index (χ4n) is 3.08. The van der Waals surface area contributed by atoms with E-state index in [4.69, 9.17) is 19.9 Å². The molecule has 4 rings (SSSR count). The molecule has 0 aliphatic carbocycles. The first-order valence-electron chi connectivity index (χ1n) is 7.97. The number of amides is 1. The van der Waals surface area contributed by atoms with Gasteiger partial charge in [-0.15, -0.1) is 11.3 Å². The van der Waals surface area contributed by atoms with Crippen LogP contribution in [0.4, 0.5) is 5.95 Å². The van der Waals surface area contributed by atoms with Crippen LogP contribution in [0, 0.1) is 0 Å². The van der Waals surface area contributed by atoms with Crippen molar-refractivity contribution in [1.29, 1.82) is 0 Å². The molecule has 132 valence electrons. The second-order valence-electron chi connectivity index (χ2n) is 5.91. The summed E-state index contributed by atoms with van der Waals surface area (Å²) < 4.78 is 17.0. The van der Waals surface area contributed by atoms with E-state index >= 15 is 0 Å². The molecule has 2 aliphatic rings. The first-order valence-corrected chi connectivity index (χ1v) is 8.85. The zero-order valence-corrected chi connectivity index (χ0v) is 14.1. The van der Waals surface area contributed by atoms with E-state index in [-0.39, 0.29) is 31.0 Å². The fourth-order valence-corrected chi connectivity index (χ4v) is 3.77. The summed E-state index contributed by atoms with van der Waals surface area (Å²) in [7, 11) is 0. The van der Waals surface area contributed by atoms with E-state index in [2.05, 4.69) is 15.3 Å². The molecule has 9 heteroatoms. The fraction of sp³-hybridized carbons (Fsp3) is 0.438. The van der Waals surface area contributed by atoms with Crippen LogP contribution in [-0.2, 0) is 19.0 Å². The van der Waals surface area contributed by atoms with E-state index in [9.17, 15) is 4.79 Å². The number of thiophene rings is 1. The largest absolute Gasteiger partial charge is 0.370 e. The maximum absolute atomic E-state index is 10.9. The van der Waals surface area contributed by atoms with Gasteiger partial charge in [0, 0.05) is 6.20 Å². The Bertz CT molecular complexity index is 741. The number of nitrogens with one attached hydrogen (secondary N) is 1. The Morgan fingerprint density at radius 1 is 1.36 bits per heavy atom. The minimum atomic E-state index is -0.505. The van der Waals surface area contributed by atoms with Crippen LogP contribution >= 0.6 is 11.3 Å². The molecule has 4 heterocycles. The molecular weight excluding hydrogens is 344 g/mol. The van der Waals surface area contributed by atoms with Gasteiger partial charge in [0.05, 0.1) is 29.8 Å². The quantitative estimate of drug-likeness (QED) is 0.777. The predicted octanol–water partition coefficient (Wildman–Crippen LogP) is 0.654. The summed E-state index contributed by atoms with van der Waals surface area (Å²) >= 11 is 1.63. The summed E-state index contributed by atoms with van der Waals surface area (Å²) in [6, 6.07) is 5.81. The number of hydrogen-bond donors (Lipinski definition) is 2. The van der Waals surface area contributed by atoms with Crippen molar-refractivity contribution >= 4 is 23.2 Å². The van der Waals surface area contributed by atoms with Crippen LogP contribution in [0.3, 0.4) is 0 Å². The number of rotatable bonds is 6. The van der Waals surface area contributed by atoms with E-state index in [0.29, 0.717) is 19.2 Å². The highest BCUT2D eigenvalue weighted by molar-refractivity contribution is 7.13. The molecule has 2 saturated heterocycles. The molecule has 4 atom stereocenters. The Kier molecular flexibility index (Phi) is 4.62. The predicted molar refractivity (Wildman–Crippen MR) is 91.2 cm³/mol. The highest BCUT2D eigenvalue weighted by Crippen LogP contribution is 2.30. The van der Waals surface area contributed by atoms with E-state index in [1.54, 1.807) is 17.5 Å². The van der Waals surface area contributed by atoms with Crippen molar-refractivity contribution in [3.63, 3.8) is 0 Å². The minimum absolute atomic E-state index is 0.0780. The zero-order valence-electron chi connectivity index (χ0n) is 13.3. The monoisotopic (exact) mass is 362 g/mol. The first-order chi connectivity index (χ1) is 12.2. The molecule has 0 bridgehead atoms. The summed E-state index contributed by atoms with van der Waals surface area (Å²) in [5.74, 6) is 0.0279. The second-order valence-corrected chi connectivity index (χ2v) is 6.85. The highest BCUT2D eigenvalue weighted by Gasteiger charge is 2.48. The SMILES string of the molecule is NC(=O)COC1COC2C(Nc3nccc(-c4cccs4)n3)COC12. The van der Waals surface area contributed by atoms with Crippen molar-refractivity contribution < 1.29 is 19.0 Å². The van der Waals surface area contributed by atoms with Gasteiger partial charge in [-0.3, -0.25) is 4.79 Å². The number of fused-ring (bicyclic) bond motifs is 1. The van der Waals surface area contributed by atoms with Crippen LogP contribution in [0.2, 0.25) is 0 Å². The number of nitrogens with zero attached hydrogens (tertiary/aromatic N) is 2. The number of ether oxygens (including phenoxy) is 3. The van der Waals surface area contributed by atoms with Gasteiger partial charge in [-0.2, -0.15) is 0 Å². The molecule has 0 saturated carbocycles. The van der Waals surface area contributed by atoms with E-state index in [1.165, 1.54) is 0 Å². The molecule has 1 amide bonds. The summed E-state index contributed by atoms with van der Waals surface area (Å²) in [5, 5.41) is 5.30. The van der Waals surface area contributed by atoms with Crippen LogP contribution < -0.4 is 11.1 Å². The van der Waals surface area contributed by atoms with Gasteiger partial charge in [-0.25, -0.2) is 9.97 Å². The lowest BCUT2D eigenvalue weighted by Crippen LogP contribution is -2.37. The molecule has 8 nitrogen and oxygen atoms in total. The van der Waals surface area contributed by atoms with Gasteiger partial charge in [0.1, 0.15) is 24.9 Å². The molecule has 0 spiro atoms. The molecule has 2 aliphatic heterocycles. The third-order valence-corrected chi connectivity index (χ3v) is 5.08. The van der Waals surface area contributed by atoms with Gasteiger partial charge in [-0.1, -0.05) is 6.07 Å². The lowest BCUT2D eigenvalue weighted by atomic mass is 10.1. The molecule has 0 radical (unpaired) electrons. The van der Waals surface area contributed by atoms with Crippen molar-refractivity contribution in [2.24, 2.45) is 5.73 Å². The van der Waals surface area contributed by atoms with Crippen molar-refractivity contribution in [2.75, 3.05) is 25.1 Å². The van der Waals surface area contributed by atoms with Gasteiger partial charge in [-0.05, 0) is 17.5 Å². The first kappa shape index (κ1) is 16.4. The van der Waals surface area contributed by atoms with Crippen molar-refractivity contribution in [1.82, 2.24) is 9.97 Å². The summed E-state index contributed by atoms with van der Waals surface area (Å²) in [6.07, 6.45) is 1.04. The van der Waals surface area contributed by atoms with Crippen molar-refractivity contribution in [3.05, 3.63) is 29.8 Å². The number of nitrogens with two attached hydrogens (primary N) is 1. The summed E-state index contributed by atoms with van der Waals surface area (Å²) in [5.41, 5.74) is 5.99. The van der Waals surface area contributed by atoms with Gasteiger partial charge < -0.3 is 25.3 Å². The van der Waals surface area contributed by atoms with Crippen LogP contribution in [0.5, 0.6) is 0 Å². The normalized spacial score (nSPS) is 28.0. The maximum atomic E-state index is 10.9. The Morgan fingerprint density at radius 2 is 2.24 bits per heavy atom. The Morgan fingerprint density at radius 3 is 3.04 bits per heavy atom. The van der Waals surface area contributed by atoms with Gasteiger partial charge in [0.25, 0.3) is 0 Å².